The molecule has 3 atom stereocenters. The first-order valence-corrected chi connectivity index (χ1v) is 5.94. The van der Waals surface area contributed by atoms with E-state index in [1.807, 2.05) is 4.90 Å². The van der Waals surface area contributed by atoms with Crippen LogP contribution >= 0.6 is 0 Å². The van der Waals surface area contributed by atoms with Gasteiger partial charge in [0.1, 0.15) is 0 Å². The predicted octanol–water partition coefficient (Wildman–Crippen LogP) is 2.27. The summed E-state index contributed by atoms with van der Waals surface area (Å²) < 4.78 is 36.1. The van der Waals surface area contributed by atoms with Crippen molar-refractivity contribution in [2.45, 2.75) is 50.4 Å². The number of halogens is 3. The third-order valence-corrected chi connectivity index (χ3v) is 3.87. The molecule has 2 saturated heterocycles. The van der Waals surface area contributed by atoms with Crippen LogP contribution < -0.4 is 0 Å². The topological polar surface area (TPSA) is 40.5 Å². The first-order chi connectivity index (χ1) is 7.88. The van der Waals surface area contributed by atoms with Gasteiger partial charge >= 0.3 is 12.1 Å². The van der Waals surface area contributed by atoms with E-state index in [1.165, 1.54) is 0 Å². The van der Waals surface area contributed by atoms with Gasteiger partial charge in [0.05, 0.1) is 5.92 Å². The lowest BCUT2D eigenvalue weighted by Gasteiger charge is -2.22. The molecule has 1 N–H and O–H groups in total. The van der Waals surface area contributed by atoms with E-state index >= 15 is 0 Å². The summed E-state index contributed by atoms with van der Waals surface area (Å²) in [5, 5.41) is 9.00. The van der Waals surface area contributed by atoms with Gasteiger partial charge in [-0.25, -0.2) is 0 Å². The van der Waals surface area contributed by atoms with Gasteiger partial charge in [-0.1, -0.05) is 0 Å². The maximum Gasteiger partial charge on any atom is 0.389 e. The van der Waals surface area contributed by atoms with Crippen LogP contribution in [0.3, 0.4) is 0 Å². The summed E-state index contributed by atoms with van der Waals surface area (Å²) >= 11 is 0. The van der Waals surface area contributed by atoms with Crippen LogP contribution in [0, 0.1) is 5.92 Å². The molecule has 2 heterocycles. The van der Waals surface area contributed by atoms with E-state index < -0.39 is 18.6 Å². The lowest BCUT2D eigenvalue weighted by atomic mass is 9.89. The second-order valence-corrected chi connectivity index (χ2v) is 4.94. The van der Waals surface area contributed by atoms with Crippen molar-refractivity contribution in [2.24, 2.45) is 5.92 Å². The summed E-state index contributed by atoms with van der Waals surface area (Å²) in [6, 6.07) is 0.153. The van der Waals surface area contributed by atoms with Crippen LogP contribution in [0.1, 0.15) is 32.1 Å². The van der Waals surface area contributed by atoms with Crippen molar-refractivity contribution >= 4 is 5.97 Å². The van der Waals surface area contributed by atoms with Gasteiger partial charge in [0.2, 0.25) is 0 Å². The molecule has 3 nitrogen and oxygen atoms in total. The van der Waals surface area contributed by atoms with Crippen molar-refractivity contribution in [2.75, 3.05) is 6.54 Å². The minimum absolute atomic E-state index is 0.0364. The molecular formula is C11H16F3NO2. The van der Waals surface area contributed by atoms with E-state index in [0.29, 0.717) is 13.0 Å². The van der Waals surface area contributed by atoms with Crippen LogP contribution in [-0.4, -0.2) is 40.8 Å². The van der Waals surface area contributed by atoms with E-state index in [1.54, 1.807) is 0 Å². The van der Waals surface area contributed by atoms with Crippen molar-refractivity contribution < 1.29 is 23.1 Å². The van der Waals surface area contributed by atoms with Crippen LogP contribution in [0.2, 0.25) is 0 Å². The Morgan fingerprint density at radius 2 is 2.06 bits per heavy atom. The Labute approximate surface area is 97.6 Å². The van der Waals surface area contributed by atoms with E-state index in [4.69, 9.17) is 5.11 Å². The largest absolute Gasteiger partial charge is 0.481 e. The third-order valence-electron chi connectivity index (χ3n) is 3.87. The zero-order valence-electron chi connectivity index (χ0n) is 9.41. The Kier molecular flexibility index (Phi) is 3.34. The number of hydrogen-bond donors (Lipinski definition) is 1. The van der Waals surface area contributed by atoms with Gasteiger partial charge in [-0.05, 0) is 32.2 Å². The number of rotatable bonds is 4. The normalized spacial score (nSPS) is 33.2. The summed E-state index contributed by atoms with van der Waals surface area (Å²) in [5.41, 5.74) is 0. The van der Waals surface area contributed by atoms with Crippen LogP contribution in [0.5, 0.6) is 0 Å². The van der Waals surface area contributed by atoms with Gasteiger partial charge in [-0.15, -0.1) is 0 Å². The number of nitrogens with zero attached hydrogens (tertiary/aromatic N) is 1. The average molecular weight is 251 g/mol. The summed E-state index contributed by atoms with van der Waals surface area (Å²) in [5.74, 6) is -1.18. The molecule has 2 aliphatic rings. The molecule has 0 spiro atoms. The standard InChI is InChI=1S/C11H16F3NO2/c12-11(13,14)4-1-5-15-7-2-3-9(15)8(6-7)10(16)17/h7-9H,1-6H2,(H,16,17). The number of carboxylic acids is 1. The molecule has 0 aliphatic carbocycles. The fraction of sp³-hybridized carbons (Fsp3) is 0.909. The second-order valence-electron chi connectivity index (χ2n) is 4.94. The molecule has 0 amide bonds. The number of alkyl halides is 3. The molecule has 0 aromatic carbocycles. The number of hydrogen-bond acceptors (Lipinski definition) is 2. The summed E-state index contributed by atoms with van der Waals surface area (Å²) in [6.07, 6.45) is -2.46. The highest BCUT2D eigenvalue weighted by Crippen LogP contribution is 2.42. The Hall–Kier alpha value is -0.780. The molecule has 2 bridgehead atoms. The van der Waals surface area contributed by atoms with Crippen LogP contribution in [-0.2, 0) is 4.79 Å². The van der Waals surface area contributed by atoms with Crippen molar-refractivity contribution in [3.63, 3.8) is 0 Å². The molecule has 6 heteroatoms. The molecule has 2 rings (SSSR count). The van der Waals surface area contributed by atoms with Gasteiger partial charge < -0.3 is 5.11 Å². The number of carbonyl (C=O) groups is 1. The summed E-state index contributed by atoms with van der Waals surface area (Å²) in [6.45, 7) is 0.374. The Morgan fingerprint density at radius 3 is 2.59 bits per heavy atom. The van der Waals surface area contributed by atoms with Crippen molar-refractivity contribution in [1.82, 2.24) is 4.90 Å². The van der Waals surface area contributed by atoms with Gasteiger partial charge in [-0.2, -0.15) is 13.2 Å². The Morgan fingerprint density at radius 1 is 1.35 bits per heavy atom. The quantitative estimate of drug-likeness (QED) is 0.833. The lowest BCUT2D eigenvalue weighted by Crippen LogP contribution is -2.34. The average Bonchev–Trinajstić information content (AvgIpc) is 2.73. The highest BCUT2D eigenvalue weighted by Gasteiger charge is 2.48. The Balaban J connectivity index is 1.85. The SMILES string of the molecule is O=C(O)C1CC2CCC1N2CCCC(F)(F)F. The van der Waals surface area contributed by atoms with Gasteiger partial charge in [0.15, 0.2) is 0 Å². The molecule has 0 aromatic heterocycles. The molecular weight excluding hydrogens is 235 g/mol. The van der Waals surface area contributed by atoms with Gasteiger partial charge in [-0.3, -0.25) is 9.69 Å². The zero-order valence-corrected chi connectivity index (χ0v) is 9.41. The molecule has 17 heavy (non-hydrogen) atoms. The number of carboxylic acid groups (broad SMARTS) is 1. The Bertz CT molecular complexity index is 306. The van der Waals surface area contributed by atoms with Gasteiger partial charge in [0.25, 0.3) is 0 Å². The molecule has 0 saturated carbocycles. The van der Waals surface area contributed by atoms with Crippen LogP contribution in [0.15, 0.2) is 0 Å². The highest BCUT2D eigenvalue weighted by molar-refractivity contribution is 5.71. The molecule has 3 unspecified atom stereocenters. The lowest BCUT2D eigenvalue weighted by molar-refractivity contribution is -0.143. The molecule has 2 aliphatic heterocycles. The maximum atomic E-state index is 12.0. The molecule has 98 valence electrons. The number of aliphatic carboxylic acids is 1. The fourth-order valence-electron chi connectivity index (χ4n) is 3.18. The minimum Gasteiger partial charge on any atom is -0.481 e. The maximum absolute atomic E-state index is 12.0. The van der Waals surface area contributed by atoms with E-state index in [9.17, 15) is 18.0 Å². The van der Waals surface area contributed by atoms with E-state index in [-0.39, 0.29) is 24.4 Å². The molecule has 0 radical (unpaired) electrons. The number of fused-ring (bicyclic) bond motifs is 2. The molecule has 0 aromatic rings. The fourth-order valence-corrected chi connectivity index (χ4v) is 3.18. The smallest absolute Gasteiger partial charge is 0.389 e. The zero-order chi connectivity index (χ0) is 12.6. The van der Waals surface area contributed by atoms with Crippen molar-refractivity contribution in [3.05, 3.63) is 0 Å². The van der Waals surface area contributed by atoms with Crippen LogP contribution in [0.25, 0.3) is 0 Å². The van der Waals surface area contributed by atoms with Crippen molar-refractivity contribution in [1.29, 1.82) is 0 Å². The van der Waals surface area contributed by atoms with Crippen molar-refractivity contribution in [3.8, 4) is 0 Å². The predicted molar refractivity (Wildman–Crippen MR) is 54.5 cm³/mol. The molecule has 2 fully saturated rings. The second kappa shape index (κ2) is 4.48. The first-order valence-electron chi connectivity index (χ1n) is 5.94. The first kappa shape index (κ1) is 12.7. The van der Waals surface area contributed by atoms with Crippen LogP contribution in [0.4, 0.5) is 13.2 Å². The van der Waals surface area contributed by atoms with E-state index in [2.05, 4.69) is 0 Å². The highest BCUT2D eigenvalue weighted by atomic mass is 19.4. The minimum atomic E-state index is -4.11. The summed E-state index contributed by atoms with van der Waals surface area (Å²) in [7, 11) is 0. The van der Waals surface area contributed by atoms with E-state index in [0.717, 1.165) is 12.8 Å². The monoisotopic (exact) mass is 251 g/mol. The van der Waals surface area contributed by atoms with Gasteiger partial charge in [0, 0.05) is 18.5 Å². The third kappa shape index (κ3) is 2.73. The summed E-state index contributed by atoms with van der Waals surface area (Å²) in [4.78, 5) is 12.9.